The third-order valence-electron chi connectivity index (χ3n) is 9.76. The predicted octanol–water partition coefficient (Wildman–Crippen LogP) is 9.60. The van der Waals surface area contributed by atoms with Crippen LogP contribution in [0.15, 0.2) is 66.7 Å². The first-order valence-electron chi connectivity index (χ1n) is 19.1. The van der Waals surface area contributed by atoms with Crippen molar-refractivity contribution in [3.8, 4) is 39.4 Å². The Morgan fingerprint density at radius 2 is 1.53 bits per heavy atom. The minimum atomic E-state index is -0.700. The van der Waals surface area contributed by atoms with Crippen molar-refractivity contribution < 1.29 is 28.6 Å². The average Bonchev–Trinajstić information content (AvgIpc) is 3.48. The molecule has 0 radical (unpaired) electrons. The van der Waals surface area contributed by atoms with Gasteiger partial charge in [0, 0.05) is 72.6 Å². The van der Waals surface area contributed by atoms with Crippen molar-refractivity contribution in [2.24, 2.45) is 0 Å². The molecule has 0 saturated carbocycles. The lowest BCUT2D eigenvalue weighted by molar-refractivity contribution is -0.119. The Hall–Kier alpha value is -5.00. The van der Waals surface area contributed by atoms with Crippen LogP contribution >= 0.6 is 23.2 Å². The van der Waals surface area contributed by atoms with Crippen molar-refractivity contribution in [3.05, 3.63) is 87.9 Å². The summed E-state index contributed by atoms with van der Waals surface area (Å²) in [6.45, 7) is 13.1. The predicted molar refractivity (Wildman–Crippen MR) is 225 cm³/mol. The van der Waals surface area contributed by atoms with Crippen molar-refractivity contribution in [2.75, 3.05) is 38.7 Å². The lowest BCUT2D eigenvalue weighted by Gasteiger charge is -2.29. The molecule has 0 spiro atoms. The van der Waals surface area contributed by atoms with Gasteiger partial charge in [-0.3, -0.25) is 4.79 Å². The Morgan fingerprint density at radius 1 is 0.877 bits per heavy atom. The van der Waals surface area contributed by atoms with E-state index < -0.39 is 17.3 Å². The molecule has 1 saturated heterocycles. The van der Waals surface area contributed by atoms with Gasteiger partial charge in [-0.2, -0.15) is 0 Å². The van der Waals surface area contributed by atoms with E-state index in [2.05, 4.69) is 16.3 Å². The summed E-state index contributed by atoms with van der Waals surface area (Å²) in [7, 11) is 3.55. The Balaban J connectivity index is 1.28. The van der Waals surface area contributed by atoms with Gasteiger partial charge in [-0.05, 0) is 77.3 Å². The van der Waals surface area contributed by atoms with Crippen LogP contribution in [0.25, 0.3) is 33.5 Å². The maximum Gasteiger partial charge on any atom is 0.410 e. The van der Waals surface area contributed by atoms with E-state index in [1.54, 1.807) is 9.80 Å². The number of pyridine rings is 1. The van der Waals surface area contributed by atoms with Crippen LogP contribution in [0.4, 0.5) is 15.3 Å². The zero-order valence-corrected chi connectivity index (χ0v) is 35.4. The van der Waals surface area contributed by atoms with Gasteiger partial charge in [-0.1, -0.05) is 71.7 Å². The van der Waals surface area contributed by atoms with Gasteiger partial charge in [0.05, 0.1) is 35.9 Å². The van der Waals surface area contributed by atoms with Crippen LogP contribution in [-0.2, 0) is 27.4 Å². The van der Waals surface area contributed by atoms with Crippen LogP contribution < -0.4 is 15.0 Å². The van der Waals surface area contributed by atoms with Crippen LogP contribution in [0.5, 0.6) is 5.88 Å². The molecule has 0 bridgehead atoms. The Labute approximate surface area is 345 Å². The molecule has 2 aliphatic heterocycles. The van der Waals surface area contributed by atoms with Gasteiger partial charge >= 0.3 is 12.2 Å². The molecule has 6 rings (SSSR count). The molecule has 11 nitrogen and oxygen atoms in total. The Morgan fingerprint density at radius 3 is 2.16 bits per heavy atom. The Bertz CT molecular complexity index is 2160. The molecule has 1 aromatic heterocycles. The van der Waals surface area contributed by atoms with Gasteiger partial charge in [-0.15, -0.1) is 0 Å². The topological polar surface area (TPSA) is 114 Å². The van der Waals surface area contributed by atoms with Gasteiger partial charge in [0.1, 0.15) is 11.2 Å². The highest BCUT2D eigenvalue weighted by Crippen LogP contribution is 2.43. The lowest BCUT2D eigenvalue weighted by Crippen LogP contribution is -2.43. The van der Waals surface area contributed by atoms with Crippen molar-refractivity contribution in [1.82, 2.24) is 20.1 Å². The second kappa shape index (κ2) is 16.8. The van der Waals surface area contributed by atoms with E-state index in [0.717, 1.165) is 33.5 Å². The zero-order chi connectivity index (χ0) is 41.2. The van der Waals surface area contributed by atoms with E-state index >= 15 is 0 Å². The first kappa shape index (κ1) is 41.6. The second-order valence-corrected chi connectivity index (χ2v) is 17.3. The molecule has 13 heteroatoms. The number of nitrogens with zero attached hydrogens (tertiary/aromatic N) is 4. The number of carbonyl (C=O) groups excluding carboxylic acids is 3. The highest BCUT2D eigenvalue weighted by Gasteiger charge is 2.30. The minimum absolute atomic E-state index is 0.0313. The van der Waals surface area contributed by atoms with Gasteiger partial charge in [0.2, 0.25) is 11.8 Å². The number of aromatic nitrogens is 1. The number of benzene rings is 3. The van der Waals surface area contributed by atoms with Crippen LogP contribution in [-0.4, -0.2) is 83.9 Å². The van der Waals surface area contributed by atoms with Crippen molar-refractivity contribution in [3.63, 3.8) is 0 Å². The molecule has 1 N–H and O–H groups in total. The number of fused-ring (bicyclic) bond motifs is 1. The summed E-state index contributed by atoms with van der Waals surface area (Å²) < 4.78 is 17.1. The van der Waals surface area contributed by atoms with Crippen molar-refractivity contribution >= 4 is 47.0 Å². The minimum Gasteiger partial charge on any atom is -0.481 e. The fourth-order valence-electron chi connectivity index (χ4n) is 7.01. The fraction of sp³-hybridized carbons (Fsp3) is 0.409. The van der Waals surface area contributed by atoms with Crippen LogP contribution in [0.2, 0.25) is 10.0 Å². The van der Waals surface area contributed by atoms with Gasteiger partial charge < -0.3 is 34.2 Å². The molecule has 3 heterocycles. The summed E-state index contributed by atoms with van der Waals surface area (Å²) in [5.41, 5.74) is 5.96. The van der Waals surface area contributed by atoms with E-state index in [-0.39, 0.29) is 31.1 Å². The summed E-state index contributed by atoms with van der Waals surface area (Å²) in [4.78, 5) is 48.5. The van der Waals surface area contributed by atoms with Gasteiger partial charge in [0.15, 0.2) is 0 Å². The SMILES string of the molecule is COc1nc(-c2cccc(-c3cccc(-c4ccc5c(c4)N(C)CCN(C(=O)OC(C)(C)C)C5)c3Cl)c2Cl)ccc1CN(C[C@@H]1CCC(=O)N1)C(=O)OC(C)(C)C. The van der Waals surface area contributed by atoms with Crippen molar-refractivity contribution in [1.29, 1.82) is 0 Å². The number of nitrogens with one attached hydrogen (secondary N) is 1. The molecular weight excluding hydrogens is 765 g/mol. The summed E-state index contributed by atoms with van der Waals surface area (Å²) in [5.74, 6) is 0.302. The summed E-state index contributed by atoms with van der Waals surface area (Å²) in [6.07, 6.45) is 0.233. The van der Waals surface area contributed by atoms with E-state index in [9.17, 15) is 14.4 Å². The molecular formula is C44H51Cl2N5O6. The largest absolute Gasteiger partial charge is 0.481 e. The number of amides is 3. The molecule has 1 atom stereocenters. The summed E-state index contributed by atoms with van der Waals surface area (Å²) >= 11 is 14.4. The first-order valence-corrected chi connectivity index (χ1v) is 19.9. The van der Waals surface area contributed by atoms with E-state index in [1.165, 1.54) is 7.11 Å². The molecule has 0 unspecified atom stereocenters. The number of methoxy groups -OCH3 is 1. The molecule has 4 aromatic rings. The van der Waals surface area contributed by atoms with Gasteiger partial charge in [0.25, 0.3) is 0 Å². The maximum absolute atomic E-state index is 13.3. The van der Waals surface area contributed by atoms with Gasteiger partial charge in [-0.25, -0.2) is 14.6 Å². The first-order chi connectivity index (χ1) is 26.9. The van der Waals surface area contributed by atoms with Crippen LogP contribution in [0.3, 0.4) is 0 Å². The maximum atomic E-state index is 13.3. The number of anilines is 1. The molecule has 1 fully saturated rings. The number of hydrogen-bond donors (Lipinski definition) is 1. The number of carbonyl (C=O) groups is 3. The van der Waals surface area contributed by atoms with E-state index in [4.69, 9.17) is 42.4 Å². The number of rotatable bonds is 8. The lowest BCUT2D eigenvalue weighted by atomic mass is 9.95. The number of hydrogen-bond acceptors (Lipinski definition) is 8. The average molecular weight is 817 g/mol. The zero-order valence-electron chi connectivity index (χ0n) is 33.9. The highest BCUT2D eigenvalue weighted by atomic mass is 35.5. The third-order valence-corrected chi connectivity index (χ3v) is 10.6. The number of likely N-dealkylation sites (N-methyl/N-ethyl adjacent to an activating group) is 1. The molecule has 302 valence electrons. The molecule has 3 amide bonds. The third kappa shape index (κ3) is 9.94. The van der Waals surface area contributed by atoms with E-state index in [1.807, 2.05) is 109 Å². The Kier molecular flexibility index (Phi) is 12.3. The molecule has 2 aliphatic rings. The summed E-state index contributed by atoms with van der Waals surface area (Å²) in [6, 6.07) is 21.4. The molecule has 3 aromatic carbocycles. The van der Waals surface area contributed by atoms with Crippen LogP contribution in [0, 0.1) is 0 Å². The summed E-state index contributed by atoms with van der Waals surface area (Å²) in [5, 5.41) is 3.95. The molecule has 57 heavy (non-hydrogen) atoms. The molecule has 0 aliphatic carbocycles. The quantitative estimate of drug-likeness (QED) is 0.187. The monoisotopic (exact) mass is 815 g/mol. The standard InChI is InChI=1S/C44H51Cl2N5O6/c1-43(2,3)56-41(53)50-22-21-49(7)36-23-27(15-16-28(36)24-50)31-11-9-12-32(38(31)45)33-13-10-14-34(39(33)46)35-19-17-29(40(48-35)55-8)25-51(42(54)57-44(4,5)6)26-30-18-20-37(52)47-30/h9-17,19,23,30H,18,20-22,24-26H2,1-8H3,(H,47,52)/t30-/m0/s1. The fourth-order valence-corrected chi connectivity index (χ4v) is 7.67. The van der Waals surface area contributed by atoms with Crippen molar-refractivity contribution in [2.45, 2.75) is 84.7 Å². The van der Waals surface area contributed by atoms with E-state index in [0.29, 0.717) is 65.2 Å². The number of ether oxygens (including phenoxy) is 3. The normalized spacial score (nSPS) is 15.8. The highest BCUT2D eigenvalue weighted by molar-refractivity contribution is 6.39. The second-order valence-electron chi connectivity index (χ2n) is 16.5. The van der Waals surface area contributed by atoms with Crippen LogP contribution in [0.1, 0.15) is 65.5 Å². The smallest absolute Gasteiger partial charge is 0.410 e. The number of halogens is 2.